The Morgan fingerprint density at radius 3 is 2.75 bits per heavy atom. The van der Waals surface area contributed by atoms with E-state index in [0.29, 0.717) is 12.3 Å². The maximum Gasteiger partial charge on any atom is 0.325 e. The average molecular weight is 267 g/mol. The number of esters is 1. The number of carbonyl (C=O) groups excluding carboxylic acids is 1. The van der Waals surface area contributed by atoms with Gasteiger partial charge in [-0.05, 0) is 13.8 Å². The molecule has 0 spiro atoms. The van der Waals surface area contributed by atoms with Crippen LogP contribution in [0.25, 0.3) is 0 Å². The molecule has 0 bridgehead atoms. The third-order valence-electron chi connectivity index (χ3n) is 2.36. The fourth-order valence-corrected chi connectivity index (χ4v) is 4.00. The predicted molar refractivity (Wildman–Crippen MR) is 63.9 cm³/mol. The summed E-state index contributed by atoms with van der Waals surface area (Å²) in [6.45, 7) is 3.97. The molecule has 0 saturated carbocycles. The van der Waals surface area contributed by atoms with Gasteiger partial charge in [-0.25, -0.2) is 8.42 Å². The van der Waals surface area contributed by atoms with Crippen molar-refractivity contribution in [1.29, 1.82) is 0 Å². The largest absolute Gasteiger partial charge is 0.465 e. The molecule has 94 valence electrons. The molecule has 0 aromatic rings. The van der Waals surface area contributed by atoms with E-state index in [1.807, 2.05) is 0 Å². The number of hydrogen-bond acceptors (Lipinski definition) is 5. The summed E-state index contributed by atoms with van der Waals surface area (Å²) in [6.07, 6.45) is 0. The second kappa shape index (κ2) is 5.88. The van der Waals surface area contributed by atoms with Crippen LogP contribution in [0.1, 0.15) is 13.8 Å². The quantitative estimate of drug-likeness (QED) is 0.686. The van der Waals surface area contributed by atoms with Gasteiger partial charge in [0.1, 0.15) is 6.04 Å². The molecular formula is C9H17NO4S2. The highest BCUT2D eigenvalue weighted by molar-refractivity contribution is 7.99. The molecule has 0 amide bonds. The van der Waals surface area contributed by atoms with E-state index in [0.717, 1.165) is 5.75 Å². The minimum atomic E-state index is -3.31. The Morgan fingerprint density at radius 1 is 1.50 bits per heavy atom. The van der Waals surface area contributed by atoms with Gasteiger partial charge >= 0.3 is 5.97 Å². The molecule has 7 heteroatoms. The van der Waals surface area contributed by atoms with Crippen molar-refractivity contribution in [3.63, 3.8) is 0 Å². The third kappa shape index (κ3) is 3.11. The van der Waals surface area contributed by atoms with Crippen molar-refractivity contribution in [1.82, 2.24) is 4.31 Å². The van der Waals surface area contributed by atoms with E-state index in [1.54, 1.807) is 25.6 Å². The molecule has 0 N–H and O–H groups in total. The zero-order chi connectivity index (χ0) is 12.2. The van der Waals surface area contributed by atoms with E-state index in [9.17, 15) is 13.2 Å². The van der Waals surface area contributed by atoms with Gasteiger partial charge in [-0.1, -0.05) is 0 Å². The van der Waals surface area contributed by atoms with Gasteiger partial charge in [0, 0.05) is 18.1 Å². The first kappa shape index (κ1) is 13.8. The fraction of sp³-hybridized carbons (Fsp3) is 0.889. The molecule has 0 aliphatic carbocycles. The van der Waals surface area contributed by atoms with E-state index in [-0.39, 0.29) is 12.4 Å². The van der Waals surface area contributed by atoms with Crippen LogP contribution in [0.2, 0.25) is 0 Å². The van der Waals surface area contributed by atoms with E-state index in [1.165, 1.54) is 4.31 Å². The third-order valence-corrected chi connectivity index (χ3v) is 5.26. The summed E-state index contributed by atoms with van der Waals surface area (Å²) in [6, 6.07) is -0.649. The Hall–Kier alpha value is -0.270. The van der Waals surface area contributed by atoms with Gasteiger partial charge in [0.25, 0.3) is 0 Å². The van der Waals surface area contributed by atoms with Crippen molar-refractivity contribution >= 4 is 27.8 Å². The first-order valence-corrected chi connectivity index (χ1v) is 8.03. The minimum Gasteiger partial charge on any atom is -0.465 e. The standard InChI is InChI=1S/C9H17NO4S2/c1-3-14-9(11)8-7-15-6-5-10(8)16(12,13)4-2/h8H,3-7H2,1-2H3. The fourth-order valence-electron chi connectivity index (χ4n) is 1.51. The lowest BCUT2D eigenvalue weighted by Gasteiger charge is -2.32. The molecule has 1 aliphatic rings. The summed E-state index contributed by atoms with van der Waals surface area (Å²) in [5, 5.41) is 0. The van der Waals surface area contributed by atoms with Crippen molar-refractivity contribution in [2.45, 2.75) is 19.9 Å². The summed E-state index contributed by atoms with van der Waals surface area (Å²) in [5.41, 5.74) is 0. The lowest BCUT2D eigenvalue weighted by Crippen LogP contribution is -2.51. The summed E-state index contributed by atoms with van der Waals surface area (Å²) < 4.78 is 29.7. The smallest absolute Gasteiger partial charge is 0.325 e. The number of thioether (sulfide) groups is 1. The van der Waals surface area contributed by atoms with Crippen LogP contribution in [-0.4, -0.2) is 55.1 Å². The lowest BCUT2D eigenvalue weighted by atomic mass is 10.3. The molecule has 1 saturated heterocycles. The summed E-state index contributed by atoms with van der Waals surface area (Å²) in [5.74, 6) is 0.799. The van der Waals surface area contributed by atoms with Crippen molar-refractivity contribution < 1.29 is 17.9 Å². The van der Waals surface area contributed by atoms with Crippen LogP contribution >= 0.6 is 11.8 Å². The van der Waals surface area contributed by atoms with Gasteiger partial charge < -0.3 is 4.74 Å². The maximum absolute atomic E-state index is 11.8. The van der Waals surface area contributed by atoms with Crippen LogP contribution < -0.4 is 0 Å². The number of ether oxygens (including phenoxy) is 1. The molecule has 0 aromatic heterocycles. The second-order valence-electron chi connectivity index (χ2n) is 3.35. The van der Waals surface area contributed by atoms with E-state index in [2.05, 4.69) is 0 Å². The highest BCUT2D eigenvalue weighted by Crippen LogP contribution is 2.21. The molecular weight excluding hydrogens is 250 g/mol. The summed E-state index contributed by atoms with van der Waals surface area (Å²) >= 11 is 1.58. The van der Waals surface area contributed by atoms with Gasteiger partial charge in [0.2, 0.25) is 10.0 Å². The topological polar surface area (TPSA) is 63.7 Å². The summed E-state index contributed by atoms with van der Waals surface area (Å²) in [4.78, 5) is 11.6. The molecule has 16 heavy (non-hydrogen) atoms. The SMILES string of the molecule is CCOC(=O)C1CSCCN1S(=O)(=O)CC. The second-order valence-corrected chi connectivity index (χ2v) is 6.71. The van der Waals surface area contributed by atoms with E-state index >= 15 is 0 Å². The van der Waals surface area contributed by atoms with Crippen LogP contribution in [-0.2, 0) is 19.6 Å². The molecule has 1 fully saturated rings. The minimum absolute atomic E-state index is 0.0214. The van der Waals surface area contributed by atoms with Crippen molar-refractivity contribution in [3.05, 3.63) is 0 Å². The van der Waals surface area contributed by atoms with Crippen LogP contribution in [0.5, 0.6) is 0 Å². The van der Waals surface area contributed by atoms with E-state index < -0.39 is 22.0 Å². The average Bonchev–Trinajstić information content (AvgIpc) is 2.29. The number of rotatable bonds is 4. The van der Waals surface area contributed by atoms with Crippen LogP contribution in [0.3, 0.4) is 0 Å². The number of sulfonamides is 1. The first-order valence-electron chi connectivity index (χ1n) is 5.26. The first-order chi connectivity index (χ1) is 7.53. The zero-order valence-electron chi connectivity index (χ0n) is 9.51. The Labute approximate surface area is 101 Å². The number of hydrogen-bond donors (Lipinski definition) is 0. The van der Waals surface area contributed by atoms with Gasteiger partial charge in [-0.3, -0.25) is 4.79 Å². The molecule has 5 nitrogen and oxygen atoms in total. The van der Waals surface area contributed by atoms with Gasteiger partial charge in [-0.2, -0.15) is 16.1 Å². The van der Waals surface area contributed by atoms with Crippen molar-refractivity contribution in [3.8, 4) is 0 Å². The monoisotopic (exact) mass is 267 g/mol. The Balaban J connectivity index is 2.83. The zero-order valence-corrected chi connectivity index (χ0v) is 11.1. The highest BCUT2D eigenvalue weighted by atomic mass is 32.2. The van der Waals surface area contributed by atoms with Crippen molar-refractivity contribution in [2.75, 3.05) is 30.4 Å². The summed E-state index contributed by atoms with van der Waals surface area (Å²) in [7, 11) is -3.31. The number of carbonyl (C=O) groups is 1. The highest BCUT2D eigenvalue weighted by Gasteiger charge is 2.36. The van der Waals surface area contributed by atoms with Crippen LogP contribution in [0.15, 0.2) is 0 Å². The predicted octanol–water partition coefficient (Wildman–Crippen LogP) is 0.317. The van der Waals surface area contributed by atoms with Crippen LogP contribution in [0, 0.1) is 0 Å². The van der Waals surface area contributed by atoms with E-state index in [4.69, 9.17) is 4.74 Å². The van der Waals surface area contributed by atoms with Gasteiger partial charge in [0.15, 0.2) is 0 Å². The molecule has 1 heterocycles. The molecule has 1 rings (SSSR count). The molecule has 1 atom stereocenters. The molecule has 1 aliphatic heterocycles. The Bertz CT molecular complexity index is 341. The Kier molecular flexibility index (Phi) is 5.07. The van der Waals surface area contributed by atoms with Crippen LogP contribution in [0.4, 0.5) is 0 Å². The molecule has 0 aromatic carbocycles. The molecule has 0 radical (unpaired) electrons. The van der Waals surface area contributed by atoms with Crippen molar-refractivity contribution in [2.24, 2.45) is 0 Å². The van der Waals surface area contributed by atoms with Gasteiger partial charge in [0.05, 0.1) is 12.4 Å². The Morgan fingerprint density at radius 2 is 2.19 bits per heavy atom. The normalized spacial score (nSPS) is 23.0. The number of nitrogens with zero attached hydrogens (tertiary/aromatic N) is 1. The van der Waals surface area contributed by atoms with Gasteiger partial charge in [-0.15, -0.1) is 0 Å². The molecule has 1 unspecified atom stereocenters. The lowest BCUT2D eigenvalue weighted by molar-refractivity contribution is -0.146. The maximum atomic E-state index is 11.8.